The van der Waals surface area contributed by atoms with E-state index in [0.717, 1.165) is 37.7 Å². The quantitative estimate of drug-likeness (QED) is 0.782. The van der Waals surface area contributed by atoms with Gasteiger partial charge in [-0.25, -0.2) is 0 Å². The van der Waals surface area contributed by atoms with Crippen molar-refractivity contribution in [2.45, 2.75) is 51.0 Å². The molecule has 1 aliphatic carbocycles. The summed E-state index contributed by atoms with van der Waals surface area (Å²) in [5, 5.41) is 10.6. The van der Waals surface area contributed by atoms with E-state index in [1.807, 2.05) is 0 Å². The molecule has 0 radical (unpaired) electrons. The van der Waals surface area contributed by atoms with Crippen molar-refractivity contribution in [3.05, 3.63) is 35.4 Å². The number of hydrogen-bond donors (Lipinski definition) is 1. The molecule has 0 aliphatic heterocycles. The lowest BCUT2D eigenvalue weighted by atomic mass is 9.79. The highest BCUT2D eigenvalue weighted by Crippen LogP contribution is 2.37. The Morgan fingerprint density at radius 1 is 1.20 bits per heavy atom. The van der Waals surface area contributed by atoms with Crippen LogP contribution in [-0.4, -0.2) is 5.11 Å². The number of hydrogen-bond acceptors (Lipinski definition) is 1. The van der Waals surface area contributed by atoms with Crippen molar-refractivity contribution in [3.8, 4) is 0 Å². The molecule has 0 aromatic heterocycles. The third-order valence-electron chi connectivity index (χ3n) is 3.55. The zero-order valence-corrected chi connectivity index (χ0v) is 9.50. The Morgan fingerprint density at radius 2 is 1.93 bits per heavy atom. The summed E-state index contributed by atoms with van der Waals surface area (Å²) in [6, 6.07) is 8.45. The Morgan fingerprint density at radius 3 is 2.60 bits per heavy atom. The molecule has 0 bridgehead atoms. The maximum absolute atomic E-state index is 10.6. The molecule has 1 N–H and O–H groups in total. The molecule has 0 saturated heterocycles. The predicted molar refractivity (Wildman–Crippen MR) is 62.8 cm³/mol. The minimum absolute atomic E-state index is 0.538. The first-order valence-corrected chi connectivity index (χ1v) is 6.06. The molecule has 1 saturated carbocycles. The van der Waals surface area contributed by atoms with Crippen LogP contribution < -0.4 is 0 Å². The first-order chi connectivity index (χ1) is 7.24. The van der Waals surface area contributed by atoms with Crippen LogP contribution in [0, 0.1) is 0 Å². The third kappa shape index (κ3) is 2.23. The van der Waals surface area contributed by atoms with Crippen molar-refractivity contribution in [1.82, 2.24) is 0 Å². The summed E-state index contributed by atoms with van der Waals surface area (Å²) in [4.78, 5) is 0. The molecule has 1 nitrogen and oxygen atoms in total. The van der Waals surface area contributed by atoms with Gasteiger partial charge in [0.15, 0.2) is 0 Å². The van der Waals surface area contributed by atoms with Gasteiger partial charge in [0.25, 0.3) is 0 Å². The molecule has 0 amide bonds. The zero-order chi connectivity index (χ0) is 10.7. The van der Waals surface area contributed by atoms with Crippen LogP contribution in [0.3, 0.4) is 0 Å². The van der Waals surface area contributed by atoms with E-state index >= 15 is 0 Å². The molecule has 0 atom stereocenters. The fourth-order valence-electron chi connectivity index (χ4n) is 2.51. The second kappa shape index (κ2) is 4.36. The fourth-order valence-corrected chi connectivity index (χ4v) is 2.51. The van der Waals surface area contributed by atoms with Gasteiger partial charge in [0.05, 0.1) is 5.60 Å². The number of aryl methyl sites for hydroxylation is 1. The second-order valence-corrected chi connectivity index (χ2v) is 4.65. The molecule has 1 aromatic rings. The summed E-state index contributed by atoms with van der Waals surface area (Å²) < 4.78 is 0. The van der Waals surface area contributed by atoms with E-state index in [-0.39, 0.29) is 0 Å². The fraction of sp³-hybridized carbons (Fsp3) is 0.571. The Bertz CT molecular complexity index is 324. The van der Waals surface area contributed by atoms with E-state index < -0.39 is 5.60 Å². The van der Waals surface area contributed by atoms with Crippen LogP contribution in [0.5, 0.6) is 0 Å². The molecular weight excluding hydrogens is 184 g/mol. The van der Waals surface area contributed by atoms with Gasteiger partial charge in [0.2, 0.25) is 0 Å². The van der Waals surface area contributed by atoms with Gasteiger partial charge in [-0.1, -0.05) is 50.5 Å². The average molecular weight is 204 g/mol. The molecule has 82 valence electrons. The molecule has 0 spiro atoms. The van der Waals surface area contributed by atoms with Crippen LogP contribution >= 0.6 is 0 Å². The molecule has 1 aliphatic rings. The first-order valence-electron chi connectivity index (χ1n) is 6.06. The van der Waals surface area contributed by atoms with Crippen LogP contribution in [0.4, 0.5) is 0 Å². The summed E-state index contributed by atoms with van der Waals surface area (Å²) >= 11 is 0. The topological polar surface area (TPSA) is 20.2 Å². The summed E-state index contributed by atoms with van der Waals surface area (Å²) in [6.07, 6.45) is 6.50. The van der Waals surface area contributed by atoms with Gasteiger partial charge < -0.3 is 5.11 Å². The monoisotopic (exact) mass is 204 g/mol. The number of benzene rings is 1. The van der Waals surface area contributed by atoms with Crippen molar-refractivity contribution in [2.75, 3.05) is 0 Å². The Labute approximate surface area is 92.1 Å². The van der Waals surface area contributed by atoms with E-state index in [4.69, 9.17) is 0 Å². The van der Waals surface area contributed by atoms with Crippen LogP contribution in [-0.2, 0) is 12.0 Å². The SMILES string of the molecule is CCc1cccc(C2(O)CCCCC2)c1. The minimum atomic E-state index is -0.538. The van der Waals surface area contributed by atoms with Crippen molar-refractivity contribution in [2.24, 2.45) is 0 Å². The average Bonchev–Trinajstić information content (AvgIpc) is 2.30. The van der Waals surface area contributed by atoms with Crippen LogP contribution in [0.2, 0.25) is 0 Å². The lowest BCUT2D eigenvalue weighted by molar-refractivity contribution is -0.000684. The summed E-state index contributed by atoms with van der Waals surface area (Å²) in [7, 11) is 0. The summed E-state index contributed by atoms with van der Waals surface area (Å²) in [5.74, 6) is 0. The second-order valence-electron chi connectivity index (χ2n) is 4.65. The van der Waals surface area contributed by atoms with Crippen molar-refractivity contribution in [1.29, 1.82) is 0 Å². The van der Waals surface area contributed by atoms with Gasteiger partial charge >= 0.3 is 0 Å². The van der Waals surface area contributed by atoms with E-state index in [9.17, 15) is 5.11 Å². The van der Waals surface area contributed by atoms with E-state index in [1.165, 1.54) is 12.0 Å². The maximum Gasteiger partial charge on any atom is 0.0896 e. The Kier molecular flexibility index (Phi) is 3.11. The molecule has 1 heteroatoms. The van der Waals surface area contributed by atoms with Crippen molar-refractivity contribution >= 4 is 0 Å². The molecule has 15 heavy (non-hydrogen) atoms. The molecule has 0 heterocycles. The third-order valence-corrected chi connectivity index (χ3v) is 3.55. The number of rotatable bonds is 2. The van der Waals surface area contributed by atoms with Gasteiger partial charge in [-0.3, -0.25) is 0 Å². The highest BCUT2D eigenvalue weighted by atomic mass is 16.3. The molecule has 1 aromatic carbocycles. The van der Waals surface area contributed by atoms with Crippen LogP contribution in [0.25, 0.3) is 0 Å². The lowest BCUT2D eigenvalue weighted by Crippen LogP contribution is -2.28. The Hall–Kier alpha value is -0.820. The van der Waals surface area contributed by atoms with Crippen LogP contribution in [0.15, 0.2) is 24.3 Å². The molecule has 1 fully saturated rings. The summed E-state index contributed by atoms with van der Waals surface area (Å²) in [6.45, 7) is 2.16. The van der Waals surface area contributed by atoms with Crippen molar-refractivity contribution < 1.29 is 5.11 Å². The Balaban J connectivity index is 2.26. The highest BCUT2D eigenvalue weighted by Gasteiger charge is 2.30. The van der Waals surface area contributed by atoms with E-state index in [1.54, 1.807) is 0 Å². The smallest absolute Gasteiger partial charge is 0.0896 e. The molecule has 2 rings (SSSR count). The molecular formula is C14H20O. The minimum Gasteiger partial charge on any atom is -0.385 e. The van der Waals surface area contributed by atoms with Gasteiger partial charge in [-0.05, 0) is 30.4 Å². The van der Waals surface area contributed by atoms with E-state index in [2.05, 4.69) is 31.2 Å². The van der Waals surface area contributed by atoms with Gasteiger partial charge in [0, 0.05) is 0 Å². The van der Waals surface area contributed by atoms with E-state index in [0.29, 0.717) is 0 Å². The normalized spacial score (nSPS) is 20.1. The first kappa shape index (κ1) is 10.7. The zero-order valence-electron chi connectivity index (χ0n) is 9.50. The largest absolute Gasteiger partial charge is 0.385 e. The number of aliphatic hydroxyl groups is 1. The van der Waals surface area contributed by atoms with Gasteiger partial charge in [-0.2, -0.15) is 0 Å². The lowest BCUT2D eigenvalue weighted by Gasteiger charge is -2.32. The van der Waals surface area contributed by atoms with Crippen LogP contribution in [0.1, 0.15) is 50.2 Å². The predicted octanol–water partition coefficient (Wildman–Crippen LogP) is 3.40. The standard InChI is InChI=1S/C14H20O/c1-2-12-7-6-8-13(11-12)14(15)9-4-3-5-10-14/h6-8,11,15H,2-5,9-10H2,1H3. The molecule has 0 unspecified atom stereocenters. The highest BCUT2D eigenvalue weighted by molar-refractivity contribution is 5.28. The van der Waals surface area contributed by atoms with Crippen molar-refractivity contribution in [3.63, 3.8) is 0 Å². The van der Waals surface area contributed by atoms with Gasteiger partial charge in [0.1, 0.15) is 0 Å². The van der Waals surface area contributed by atoms with Gasteiger partial charge in [-0.15, -0.1) is 0 Å². The summed E-state index contributed by atoms with van der Waals surface area (Å²) in [5.41, 5.74) is 1.91. The maximum atomic E-state index is 10.6.